The van der Waals surface area contributed by atoms with E-state index in [9.17, 15) is 29.6 Å². The molecule has 3 aromatic rings. The summed E-state index contributed by atoms with van der Waals surface area (Å²) >= 11 is 0. The van der Waals surface area contributed by atoms with Crippen molar-refractivity contribution in [1.29, 1.82) is 0 Å². The molecular formula is C27H27N3O8. The number of carbonyl (C=O) groups is 3. The predicted molar refractivity (Wildman–Crippen MR) is 137 cm³/mol. The Balaban J connectivity index is 1.76. The molecule has 3 N–H and O–H groups in total. The van der Waals surface area contributed by atoms with Gasteiger partial charge in [0.25, 0.3) is 5.69 Å². The van der Waals surface area contributed by atoms with Crippen LogP contribution in [0.4, 0.5) is 10.5 Å². The van der Waals surface area contributed by atoms with Gasteiger partial charge in [-0.3, -0.25) is 14.9 Å². The molecule has 0 aliphatic rings. The first-order valence-electron chi connectivity index (χ1n) is 11.6. The molecule has 38 heavy (non-hydrogen) atoms. The predicted octanol–water partition coefficient (Wildman–Crippen LogP) is 3.25. The van der Waals surface area contributed by atoms with E-state index in [1.165, 1.54) is 25.3 Å². The number of hydrogen-bond donors (Lipinski definition) is 3. The molecule has 198 valence electrons. The van der Waals surface area contributed by atoms with Crippen LogP contribution in [0.15, 0.2) is 78.9 Å². The molecule has 0 heterocycles. The summed E-state index contributed by atoms with van der Waals surface area (Å²) in [4.78, 5) is 48.3. The molecule has 0 saturated carbocycles. The Morgan fingerprint density at radius 2 is 1.53 bits per heavy atom. The number of nitrogens with zero attached hydrogens (tertiary/aromatic N) is 1. The maximum absolute atomic E-state index is 13.2. The highest BCUT2D eigenvalue weighted by Gasteiger charge is 2.29. The van der Waals surface area contributed by atoms with E-state index < -0.39 is 35.0 Å². The van der Waals surface area contributed by atoms with Crippen LogP contribution in [0.2, 0.25) is 0 Å². The second-order valence-corrected chi connectivity index (χ2v) is 8.31. The molecule has 0 unspecified atom stereocenters. The number of nitrogens with one attached hydrogen (secondary N) is 2. The molecule has 0 bridgehead atoms. The Morgan fingerprint density at radius 3 is 2.11 bits per heavy atom. The normalized spacial score (nSPS) is 12.0. The van der Waals surface area contributed by atoms with Gasteiger partial charge in [-0.25, -0.2) is 9.59 Å². The lowest BCUT2D eigenvalue weighted by Gasteiger charge is -2.22. The number of carboxylic acids is 1. The van der Waals surface area contributed by atoms with Gasteiger partial charge in [-0.15, -0.1) is 0 Å². The van der Waals surface area contributed by atoms with Crippen LogP contribution in [0.3, 0.4) is 0 Å². The van der Waals surface area contributed by atoms with Gasteiger partial charge in [0.2, 0.25) is 5.91 Å². The molecule has 0 spiro atoms. The number of rotatable bonds is 12. The Kier molecular flexibility index (Phi) is 9.75. The molecule has 0 radical (unpaired) electrons. The van der Waals surface area contributed by atoms with Crippen molar-refractivity contribution in [3.05, 3.63) is 106 Å². The number of ether oxygens (including phenoxy) is 2. The lowest BCUT2D eigenvalue weighted by atomic mass is 10.0. The van der Waals surface area contributed by atoms with Crippen molar-refractivity contribution < 1.29 is 33.9 Å². The van der Waals surface area contributed by atoms with Crippen LogP contribution in [0.1, 0.15) is 16.7 Å². The number of carboxylic acid groups (broad SMARTS) is 1. The van der Waals surface area contributed by atoms with E-state index in [0.29, 0.717) is 0 Å². The van der Waals surface area contributed by atoms with Gasteiger partial charge in [-0.1, -0.05) is 60.7 Å². The smallest absolute Gasteiger partial charge is 0.408 e. The number of carbonyl (C=O) groups excluding carboxylic acids is 2. The number of nitro benzene ring substituents is 1. The summed E-state index contributed by atoms with van der Waals surface area (Å²) in [5, 5.41) is 25.9. The van der Waals surface area contributed by atoms with E-state index in [-0.39, 0.29) is 36.4 Å². The zero-order valence-corrected chi connectivity index (χ0v) is 20.5. The molecule has 3 rings (SSSR count). The Hall–Kier alpha value is -4.93. The van der Waals surface area contributed by atoms with Gasteiger partial charge in [-0.2, -0.15) is 0 Å². The van der Waals surface area contributed by atoms with Crippen molar-refractivity contribution in [2.45, 2.75) is 31.5 Å². The first-order valence-corrected chi connectivity index (χ1v) is 11.6. The number of amides is 2. The van der Waals surface area contributed by atoms with E-state index in [4.69, 9.17) is 9.47 Å². The van der Waals surface area contributed by atoms with Crippen LogP contribution in [0.5, 0.6) is 5.75 Å². The summed E-state index contributed by atoms with van der Waals surface area (Å²) in [5.74, 6) is -1.89. The summed E-state index contributed by atoms with van der Waals surface area (Å²) in [6.45, 7) is -0.0172. The van der Waals surface area contributed by atoms with E-state index in [1.807, 2.05) is 6.07 Å². The first-order chi connectivity index (χ1) is 18.3. The summed E-state index contributed by atoms with van der Waals surface area (Å²) in [5.41, 5.74) is 1.46. The number of non-ortho nitro benzene ring substituents is 1. The number of methoxy groups -OCH3 is 1. The zero-order chi connectivity index (χ0) is 27.5. The van der Waals surface area contributed by atoms with Crippen LogP contribution in [0, 0.1) is 10.1 Å². The summed E-state index contributed by atoms with van der Waals surface area (Å²) in [6, 6.07) is 19.0. The average molecular weight is 522 g/mol. The maximum atomic E-state index is 13.2. The number of benzene rings is 3. The minimum atomic E-state index is -1.46. The highest BCUT2D eigenvalue weighted by molar-refractivity contribution is 5.89. The van der Waals surface area contributed by atoms with E-state index in [0.717, 1.165) is 11.1 Å². The van der Waals surface area contributed by atoms with Gasteiger partial charge in [0.1, 0.15) is 24.4 Å². The molecule has 2 atom stereocenters. The van der Waals surface area contributed by atoms with Crippen LogP contribution in [0.25, 0.3) is 0 Å². The Morgan fingerprint density at radius 1 is 0.895 bits per heavy atom. The molecule has 0 saturated heterocycles. The lowest BCUT2D eigenvalue weighted by Crippen LogP contribution is -2.53. The van der Waals surface area contributed by atoms with Crippen LogP contribution in [-0.4, -0.2) is 47.2 Å². The van der Waals surface area contributed by atoms with Crippen molar-refractivity contribution in [3.8, 4) is 5.75 Å². The molecule has 3 aromatic carbocycles. The van der Waals surface area contributed by atoms with Crippen molar-refractivity contribution in [2.24, 2.45) is 0 Å². The van der Waals surface area contributed by atoms with Gasteiger partial charge in [0, 0.05) is 30.5 Å². The minimum Gasteiger partial charge on any atom is -0.496 e. The second kappa shape index (κ2) is 13.4. The lowest BCUT2D eigenvalue weighted by molar-refractivity contribution is -0.384. The monoisotopic (exact) mass is 521 g/mol. The largest absolute Gasteiger partial charge is 0.496 e. The maximum Gasteiger partial charge on any atom is 0.408 e. The fraction of sp³-hybridized carbons (Fsp3) is 0.222. The molecule has 2 amide bonds. The zero-order valence-electron chi connectivity index (χ0n) is 20.5. The Labute approximate surface area is 218 Å². The molecule has 0 fully saturated rings. The van der Waals surface area contributed by atoms with Crippen LogP contribution in [-0.2, 0) is 33.8 Å². The van der Waals surface area contributed by atoms with Crippen molar-refractivity contribution in [2.75, 3.05) is 7.11 Å². The van der Waals surface area contributed by atoms with Crippen molar-refractivity contribution in [3.63, 3.8) is 0 Å². The van der Waals surface area contributed by atoms with Gasteiger partial charge in [-0.05, 0) is 17.2 Å². The number of hydrogen-bond acceptors (Lipinski definition) is 7. The third kappa shape index (κ3) is 8.05. The Bertz CT molecular complexity index is 1270. The van der Waals surface area contributed by atoms with Crippen molar-refractivity contribution in [1.82, 2.24) is 10.6 Å². The highest BCUT2D eigenvalue weighted by atomic mass is 16.6. The highest BCUT2D eigenvalue weighted by Crippen LogP contribution is 2.25. The quantitative estimate of drug-likeness (QED) is 0.242. The molecule has 11 nitrogen and oxygen atoms in total. The number of nitro groups is 1. The summed E-state index contributed by atoms with van der Waals surface area (Å²) in [6.07, 6.45) is -1.07. The van der Waals surface area contributed by atoms with E-state index >= 15 is 0 Å². The fourth-order valence-corrected chi connectivity index (χ4v) is 3.70. The standard InChI is InChI=1S/C27H27N3O8/c1-37-24-13-12-21(30(35)36)15-20(24)16-23(26(32)33)28-25(31)22(14-18-8-4-2-5-9-18)29-27(34)38-17-19-10-6-3-7-11-19/h2-13,15,22-23H,14,16-17H2,1H3,(H,28,31)(H,29,34)(H,32,33)/t22-,23-/m0/s1. The minimum absolute atomic E-state index is 0.0172. The van der Waals surface area contributed by atoms with Gasteiger partial charge >= 0.3 is 12.1 Å². The molecule has 0 aliphatic carbocycles. The number of aliphatic carboxylic acids is 1. The summed E-state index contributed by atoms with van der Waals surface area (Å²) in [7, 11) is 1.35. The molecule has 0 aromatic heterocycles. The molecular weight excluding hydrogens is 494 g/mol. The first kappa shape index (κ1) is 27.7. The van der Waals surface area contributed by atoms with Crippen LogP contribution < -0.4 is 15.4 Å². The SMILES string of the molecule is COc1ccc([N+](=O)[O-])cc1C[C@H](NC(=O)[C@H](Cc1ccccc1)NC(=O)OCc1ccccc1)C(=O)O. The molecule has 11 heteroatoms. The van der Waals surface area contributed by atoms with Gasteiger partial charge in [0.05, 0.1) is 12.0 Å². The van der Waals surface area contributed by atoms with E-state index in [2.05, 4.69) is 10.6 Å². The van der Waals surface area contributed by atoms with E-state index in [1.54, 1.807) is 54.6 Å². The fourth-order valence-electron chi connectivity index (χ4n) is 3.70. The summed E-state index contributed by atoms with van der Waals surface area (Å²) < 4.78 is 10.4. The van der Waals surface area contributed by atoms with Crippen molar-refractivity contribution >= 4 is 23.7 Å². The van der Waals surface area contributed by atoms with Gasteiger partial charge < -0.3 is 25.2 Å². The van der Waals surface area contributed by atoms with Gasteiger partial charge in [0.15, 0.2) is 0 Å². The number of alkyl carbamates (subject to hydrolysis) is 1. The van der Waals surface area contributed by atoms with Crippen LogP contribution >= 0.6 is 0 Å². The average Bonchev–Trinajstić information content (AvgIpc) is 2.92. The molecule has 0 aliphatic heterocycles. The third-order valence-corrected chi connectivity index (χ3v) is 5.62. The third-order valence-electron chi connectivity index (χ3n) is 5.62. The topological polar surface area (TPSA) is 157 Å². The second-order valence-electron chi connectivity index (χ2n) is 8.31.